The Kier molecular flexibility index (Phi) is 3.83. The second-order valence-corrected chi connectivity index (χ2v) is 1.80. The maximum absolute atomic E-state index is 8.53. The van der Waals surface area contributed by atoms with Crippen LogP contribution in [0.25, 0.3) is 0 Å². The zero-order valence-corrected chi connectivity index (χ0v) is 5.33. The van der Waals surface area contributed by atoms with E-state index in [1.807, 2.05) is 0 Å². The fourth-order valence-corrected chi connectivity index (χ4v) is 0.610. The summed E-state index contributed by atoms with van der Waals surface area (Å²) >= 11 is 0. The van der Waals surface area contributed by atoms with Gasteiger partial charge in [-0.25, -0.2) is 10.2 Å². The predicted octanol–water partition coefficient (Wildman–Crippen LogP) is -0.664. The number of hydrogen-bond acceptors (Lipinski definition) is 5. The highest BCUT2D eigenvalue weighted by molar-refractivity contribution is 5.26. The third-order valence-corrected chi connectivity index (χ3v) is 0.980. The third-order valence-electron chi connectivity index (χ3n) is 0.980. The van der Waals surface area contributed by atoms with Crippen molar-refractivity contribution >= 4 is 6.08 Å². The Morgan fingerprint density at radius 2 is 2.10 bits per heavy atom. The van der Waals surface area contributed by atoms with Gasteiger partial charge in [-0.05, 0) is 6.42 Å². The first-order chi connectivity index (χ1) is 4.62. The molecule has 0 aromatic carbocycles. The first-order valence-corrected chi connectivity index (χ1v) is 2.75. The Morgan fingerprint density at radius 3 is 2.20 bits per heavy atom. The van der Waals surface area contributed by atoms with Gasteiger partial charge in [-0.1, -0.05) is 0 Å². The monoisotopic (exact) mass is 147 g/mol. The Bertz CT molecular complexity index is 120. The quantitative estimate of drug-likeness (QED) is 0.241. The van der Waals surface area contributed by atoms with Crippen LogP contribution in [0.15, 0.2) is 0 Å². The van der Waals surface area contributed by atoms with Crippen molar-refractivity contribution in [3.8, 4) is 0 Å². The highest BCUT2D eigenvalue weighted by Crippen LogP contribution is 2.17. The first-order valence-electron chi connectivity index (χ1n) is 2.75. The van der Waals surface area contributed by atoms with E-state index >= 15 is 0 Å². The summed E-state index contributed by atoms with van der Waals surface area (Å²) in [6, 6.07) is 0. The van der Waals surface area contributed by atoms with Gasteiger partial charge in [0.2, 0.25) is 6.08 Å². The SMILES string of the molecule is N=C=O.OC1(O)CCCO1. The molecule has 0 radical (unpaired) electrons. The Balaban J connectivity index is 0.000000236. The van der Waals surface area contributed by atoms with Crippen molar-refractivity contribution in [2.75, 3.05) is 6.61 Å². The molecule has 1 saturated heterocycles. The summed E-state index contributed by atoms with van der Waals surface area (Å²) in [6.45, 7) is 0.465. The predicted molar refractivity (Wildman–Crippen MR) is 30.8 cm³/mol. The molecule has 0 unspecified atom stereocenters. The van der Waals surface area contributed by atoms with E-state index in [-0.39, 0.29) is 0 Å². The van der Waals surface area contributed by atoms with Crippen LogP contribution in [0.2, 0.25) is 0 Å². The fraction of sp³-hybridized carbons (Fsp3) is 0.800. The lowest BCUT2D eigenvalue weighted by Crippen LogP contribution is -2.25. The van der Waals surface area contributed by atoms with E-state index in [0.717, 1.165) is 12.5 Å². The van der Waals surface area contributed by atoms with Gasteiger partial charge >= 0.3 is 0 Å². The molecule has 0 aromatic rings. The van der Waals surface area contributed by atoms with E-state index < -0.39 is 5.97 Å². The van der Waals surface area contributed by atoms with Gasteiger partial charge in [0.05, 0.1) is 6.61 Å². The number of hydrogen-bond donors (Lipinski definition) is 3. The summed E-state index contributed by atoms with van der Waals surface area (Å²) in [7, 11) is 0. The standard InChI is InChI=1S/C4H8O3.CHNO/c5-4(6)2-1-3-7-4;2-1-3/h5-6H,1-3H2;2H. The van der Waals surface area contributed by atoms with Crippen molar-refractivity contribution in [3.05, 3.63) is 0 Å². The van der Waals surface area contributed by atoms with Crippen LogP contribution in [0.3, 0.4) is 0 Å². The molecule has 3 N–H and O–H groups in total. The van der Waals surface area contributed by atoms with Crippen molar-refractivity contribution in [1.29, 1.82) is 5.41 Å². The van der Waals surface area contributed by atoms with Gasteiger partial charge in [0.1, 0.15) is 0 Å². The summed E-state index contributed by atoms with van der Waals surface area (Å²) < 4.78 is 4.45. The molecule has 0 atom stereocenters. The lowest BCUT2D eigenvalue weighted by Gasteiger charge is -2.10. The van der Waals surface area contributed by atoms with Gasteiger partial charge in [-0.15, -0.1) is 0 Å². The van der Waals surface area contributed by atoms with E-state index in [1.165, 1.54) is 0 Å². The highest BCUT2D eigenvalue weighted by atomic mass is 16.8. The van der Waals surface area contributed by atoms with Crippen LogP contribution < -0.4 is 0 Å². The number of nitrogens with one attached hydrogen (secondary N) is 1. The lowest BCUT2D eigenvalue weighted by molar-refractivity contribution is -0.313. The molecule has 1 heterocycles. The minimum Gasteiger partial charge on any atom is -0.343 e. The molecule has 0 saturated carbocycles. The minimum absolute atomic E-state index is 0.340. The van der Waals surface area contributed by atoms with Crippen LogP contribution in [0, 0.1) is 5.41 Å². The van der Waals surface area contributed by atoms with Crippen LogP contribution in [-0.4, -0.2) is 28.9 Å². The second-order valence-electron chi connectivity index (χ2n) is 1.80. The largest absolute Gasteiger partial charge is 0.343 e. The zero-order valence-electron chi connectivity index (χ0n) is 5.33. The zero-order chi connectivity index (χ0) is 8.04. The summed E-state index contributed by atoms with van der Waals surface area (Å²) in [5.74, 6) is -1.81. The number of rotatable bonds is 0. The van der Waals surface area contributed by atoms with Crippen molar-refractivity contribution in [2.45, 2.75) is 18.8 Å². The molecule has 1 rings (SSSR count). The van der Waals surface area contributed by atoms with Crippen LogP contribution in [0.1, 0.15) is 12.8 Å². The van der Waals surface area contributed by atoms with Gasteiger partial charge in [0, 0.05) is 6.42 Å². The molecule has 5 nitrogen and oxygen atoms in total. The highest BCUT2D eigenvalue weighted by Gasteiger charge is 2.28. The number of isocyanates is 1. The minimum atomic E-state index is -1.81. The van der Waals surface area contributed by atoms with Gasteiger partial charge < -0.3 is 14.9 Å². The molecule has 0 bridgehead atoms. The van der Waals surface area contributed by atoms with E-state index in [1.54, 1.807) is 0 Å². The second kappa shape index (κ2) is 4.14. The molecular formula is C5H9NO4. The van der Waals surface area contributed by atoms with Crippen LogP contribution in [0.5, 0.6) is 0 Å². The molecule has 0 spiro atoms. The molecule has 0 aliphatic carbocycles. The van der Waals surface area contributed by atoms with Gasteiger partial charge in [0.25, 0.3) is 5.97 Å². The van der Waals surface area contributed by atoms with Crippen molar-refractivity contribution in [1.82, 2.24) is 0 Å². The van der Waals surface area contributed by atoms with Crippen molar-refractivity contribution in [2.24, 2.45) is 0 Å². The summed E-state index contributed by atoms with van der Waals surface area (Å²) in [5.41, 5.74) is 0. The lowest BCUT2D eigenvalue weighted by atomic mass is 10.3. The molecule has 5 heteroatoms. The van der Waals surface area contributed by atoms with Crippen LogP contribution in [-0.2, 0) is 9.53 Å². The molecule has 10 heavy (non-hydrogen) atoms. The number of aliphatic hydroxyl groups is 2. The van der Waals surface area contributed by atoms with Crippen LogP contribution >= 0.6 is 0 Å². The van der Waals surface area contributed by atoms with E-state index in [4.69, 9.17) is 20.4 Å². The number of ether oxygens (including phenoxy) is 1. The fourth-order valence-electron chi connectivity index (χ4n) is 0.610. The maximum atomic E-state index is 8.53. The van der Waals surface area contributed by atoms with Gasteiger partial charge in [0.15, 0.2) is 0 Å². The summed E-state index contributed by atoms with van der Waals surface area (Å²) in [5, 5.41) is 22.5. The first kappa shape index (κ1) is 9.26. The molecule has 1 aliphatic heterocycles. The van der Waals surface area contributed by atoms with Gasteiger partial charge in [-0.2, -0.15) is 0 Å². The Morgan fingerprint density at radius 1 is 1.60 bits per heavy atom. The average Bonchev–Trinajstić information content (AvgIpc) is 2.16. The van der Waals surface area contributed by atoms with E-state index in [9.17, 15) is 0 Å². The number of carbonyl (C=O) groups excluding carboxylic acids is 1. The normalized spacial score (nSPS) is 20.6. The van der Waals surface area contributed by atoms with Gasteiger partial charge in [-0.3, -0.25) is 0 Å². The molecule has 1 aliphatic rings. The van der Waals surface area contributed by atoms with E-state index in [0.29, 0.717) is 13.0 Å². The smallest absolute Gasteiger partial charge is 0.277 e. The van der Waals surface area contributed by atoms with Crippen LogP contribution in [0.4, 0.5) is 0 Å². The molecule has 0 aromatic heterocycles. The topological polar surface area (TPSA) is 90.6 Å². The Hall–Kier alpha value is -0.740. The molecular weight excluding hydrogens is 138 g/mol. The average molecular weight is 147 g/mol. The summed E-state index contributed by atoms with van der Waals surface area (Å²) in [4.78, 5) is 8.35. The van der Waals surface area contributed by atoms with E-state index in [2.05, 4.69) is 4.74 Å². The summed E-state index contributed by atoms with van der Waals surface area (Å²) in [6.07, 6.45) is 1.83. The van der Waals surface area contributed by atoms with Crippen molar-refractivity contribution < 1.29 is 19.7 Å². The third kappa shape index (κ3) is 4.17. The molecule has 58 valence electrons. The maximum Gasteiger partial charge on any atom is 0.277 e. The molecule has 0 amide bonds. The van der Waals surface area contributed by atoms with Crippen molar-refractivity contribution in [3.63, 3.8) is 0 Å². The Labute approximate surface area is 57.7 Å². The molecule has 1 fully saturated rings.